The van der Waals surface area contributed by atoms with E-state index in [2.05, 4.69) is 12.6 Å². The van der Waals surface area contributed by atoms with E-state index >= 15 is 0 Å². The topological polar surface area (TPSA) is 26.0 Å². The van der Waals surface area contributed by atoms with Gasteiger partial charge in [-0.05, 0) is 12.1 Å². The molecule has 0 radical (unpaired) electrons. The number of nitrogen functional groups attached to an aromatic ring is 1. The van der Waals surface area contributed by atoms with Crippen LogP contribution in [0.5, 0.6) is 0 Å². The zero-order valence-electron chi connectivity index (χ0n) is 6.04. The summed E-state index contributed by atoms with van der Waals surface area (Å²) in [6.45, 7) is 0. The summed E-state index contributed by atoms with van der Waals surface area (Å²) < 4.78 is 1.02. The Kier molecular flexibility index (Phi) is 1.94. The van der Waals surface area contributed by atoms with Crippen LogP contribution in [-0.4, -0.2) is 0 Å². The molecule has 0 spiro atoms. The van der Waals surface area contributed by atoms with Crippen LogP contribution < -0.4 is 5.73 Å². The number of thiol groups is 1. The number of benzene rings is 1. The van der Waals surface area contributed by atoms with Crippen molar-refractivity contribution in [3.05, 3.63) is 22.5 Å². The molecule has 0 unspecified atom stereocenters. The lowest BCUT2D eigenvalue weighted by molar-refractivity contribution is 1.59. The molecule has 0 saturated carbocycles. The third-order valence-electron chi connectivity index (χ3n) is 1.69. The van der Waals surface area contributed by atoms with Gasteiger partial charge in [0.25, 0.3) is 0 Å². The predicted octanol–water partition coefficient (Wildman–Crippen LogP) is 3.43. The maximum atomic E-state index is 5.96. The molecule has 62 valence electrons. The number of halogens is 1. The molecule has 0 amide bonds. The van der Waals surface area contributed by atoms with E-state index in [1.165, 1.54) is 0 Å². The van der Waals surface area contributed by atoms with E-state index in [0.717, 1.165) is 25.7 Å². The summed E-state index contributed by atoms with van der Waals surface area (Å²) in [5.74, 6) is 0. The fourth-order valence-corrected chi connectivity index (χ4v) is 2.83. The maximum absolute atomic E-state index is 5.96. The summed E-state index contributed by atoms with van der Waals surface area (Å²) in [5, 5.41) is 3.57. The Bertz CT molecular complexity index is 436. The van der Waals surface area contributed by atoms with Crippen LogP contribution in [0.15, 0.2) is 22.4 Å². The van der Waals surface area contributed by atoms with E-state index in [-0.39, 0.29) is 0 Å². The van der Waals surface area contributed by atoms with Gasteiger partial charge in [0.1, 0.15) is 0 Å². The molecule has 1 aromatic heterocycles. The Balaban J connectivity index is 2.98. The largest absolute Gasteiger partial charge is 0.398 e. The van der Waals surface area contributed by atoms with Crippen molar-refractivity contribution in [1.82, 2.24) is 0 Å². The molecule has 0 bridgehead atoms. The van der Waals surface area contributed by atoms with Gasteiger partial charge in [0.05, 0.1) is 9.72 Å². The Labute approximate surface area is 84.6 Å². The van der Waals surface area contributed by atoms with Crippen LogP contribution in [0.25, 0.3) is 10.1 Å². The molecule has 1 aromatic carbocycles. The van der Waals surface area contributed by atoms with Gasteiger partial charge in [-0.25, -0.2) is 0 Å². The number of fused-ring (bicyclic) bond motifs is 1. The number of rotatable bonds is 0. The molecule has 1 nitrogen and oxygen atoms in total. The molecular formula is C8H6ClNS2. The molecule has 1 heterocycles. The molecule has 2 aromatic rings. The average Bonchev–Trinajstić information content (AvgIpc) is 2.42. The molecule has 4 heteroatoms. The first-order chi connectivity index (χ1) is 5.70. The van der Waals surface area contributed by atoms with Gasteiger partial charge in [0.15, 0.2) is 0 Å². The highest BCUT2D eigenvalue weighted by Crippen LogP contribution is 2.37. The van der Waals surface area contributed by atoms with E-state index < -0.39 is 0 Å². The van der Waals surface area contributed by atoms with Gasteiger partial charge >= 0.3 is 0 Å². The number of hydrogen-bond acceptors (Lipinski definition) is 3. The summed E-state index contributed by atoms with van der Waals surface area (Å²) in [6, 6.07) is 3.71. The van der Waals surface area contributed by atoms with Gasteiger partial charge < -0.3 is 5.73 Å². The summed E-state index contributed by atoms with van der Waals surface area (Å²) in [6.07, 6.45) is 0. The lowest BCUT2D eigenvalue weighted by atomic mass is 10.2. The van der Waals surface area contributed by atoms with Gasteiger partial charge in [-0.2, -0.15) is 0 Å². The smallest absolute Gasteiger partial charge is 0.0603 e. The SMILES string of the molecule is Nc1ccc(S)c2c(Cl)csc12. The van der Waals surface area contributed by atoms with E-state index in [1.807, 2.05) is 17.5 Å². The van der Waals surface area contributed by atoms with Crippen LogP contribution in [0.1, 0.15) is 0 Å². The normalized spacial score (nSPS) is 10.8. The van der Waals surface area contributed by atoms with Crippen molar-refractivity contribution in [1.29, 1.82) is 0 Å². The van der Waals surface area contributed by atoms with Crippen LogP contribution in [0.3, 0.4) is 0 Å². The molecule has 2 rings (SSSR count). The molecule has 0 fully saturated rings. The van der Waals surface area contributed by atoms with Crippen LogP contribution in [0, 0.1) is 0 Å². The summed E-state index contributed by atoms with van der Waals surface area (Å²) >= 11 is 11.8. The minimum absolute atomic E-state index is 0.729. The van der Waals surface area contributed by atoms with E-state index in [4.69, 9.17) is 17.3 Å². The molecule has 12 heavy (non-hydrogen) atoms. The van der Waals surface area contributed by atoms with Gasteiger partial charge in [-0.1, -0.05) is 11.6 Å². The third-order valence-corrected chi connectivity index (χ3v) is 3.51. The highest BCUT2D eigenvalue weighted by atomic mass is 35.5. The molecule has 0 aliphatic heterocycles. The third kappa shape index (κ3) is 1.09. The molecular weight excluding hydrogens is 210 g/mol. The zero-order chi connectivity index (χ0) is 8.72. The highest BCUT2D eigenvalue weighted by molar-refractivity contribution is 7.80. The number of anilines is 1. The minimum atomic E-state index is 0.729. The maximum Gasteiger partial charge on any atom is 0.0603 e. The molecule has 0 atom stereocenters. The Morgan fingerprint density at radius 2 is 2.17 bits per heavy atom. The lowest BCUT2D eigenvalue weighted by Gasteiger charge is -1.98. The monoisotopic (exact) mass is 215 g/mol. The number of thiophene rings is 1. The second-order valence-electron chi connectivity index (χ2n) is 2.46. The van der Waals surface area contributed by atoms with Crippen molar-refractivity contribution in [2.75, 3.05) is 5.73 Å². The van der Waals surface area contributed by atoms with Crippen LogP contribution in [0.4, 0.5) is 5.69 Å². The minimum Gasteiger partial charge on any atom is -0.398 e. The van der Waals surface area contributed by atoms with Crippen molar-refractivity contribution < 1.29 is 0 Å². The fraction of sp³-hybridized carbons (Fsp3) is 0. The summed E-state index contributed by atoms with van der Waals surface area (Å²) in [7, 11) is 0. The van der Waals surface area contributed by atoms with Crippen LogP contribution in [-0.2, 0) is 0 Å². The lowest BCUT2D eigenvalue weighted by Crippen LogP contribution is -1.83. The average molecular weight is 216 g/mol. The van der Waals surface area contributed by atoms with Crippen molar-refractivity contribution in [2.24, 2.45) is 0 Å². The zero-order valence-corrected chi connectivity index (χ0v) is 8.51. The van der Waals surface area contributed by atoms with Gasteiger partial charge in [0.2, 0.25) is 0 Å². The van der Waals surface area contributed by atoms with Crippen LogP contribution in [0.2, 0.25) is 5.02 Å². The van der Waals surface area contributed by atoms with E-state index in [9.17, 15) is 0 Å². The molecule has 2 N–H and O–H groups in total. The fourth-order valence-electron chi connectivity index (χ4n) is 1.12. The van der Waals surface area contributed by atoms with Gasteiger partial charge in [0, 0.05) is 21.3 Å². The summed E-state index contributed by atoms with van der Waals surface area (Å²) in [4.78, 5) is 0.880. The first-order valence-corrected chi connectivity index (χ1v) is 5.05. The summed E-state index contributed by atoms with van der Waals surface area (Å²) in [5.41, 5.74) is 6.52. The first kappa shape index (κ1) is 8.23. The van der Waals surface area contributed by atoms with Crippen molar-refractivity contribution in [2.45, 2.75) is 4.90 Å². The van der Waals surface area contributed by atoms with Gasteiger partial charge in [-0.15, -0.1) is 24.0 Å². The van der Waals surface area contributed by atoms with E-state index in [1.54, 1.807) is 11.3 Å². The Morgan fingerprint density at radius 3 is 2.83 bits per heavy atom. The second kappa shape index (κ2) is 2.83. The van der Waals surface area contributed by atoms with Crippen molar-refractivity contribution in [3.63, 3.8) is 0 Å². The van der Waals surface area contributed by atoms with E-state index in [0.29, 0.717) is 0 Å². The molecule has 0 aliphatic rings. The number of nitrogens with two attached hydrogens (primary N) is 1. The standard InChI is InChI=1S/C8H6ClNS2/c9-4-3-12-8-5(10)1-2-6(11)7(4)8/h1-3,11H,10H2. The molecule has 0 aliphatic carbocycles. The Morgan fingerprint density at radius 1 is 1.42 bits per heavy atom. The number of hydrogen-bond donors (Lipinski definition) is 2. The van der Waals surface area contributed by atoms with Crippen molar-refractivity contribution in [3.8, 4) is 0 Å². The van der Waals surface area contributed by atoms with Crippen LogP contribution >= 0.6 is 35.6 Å². The first-order valence-electron chi connectivity index (χ1n) is 3.34. The quantitative estimate of drug-likeness (QED) is 0.511. The predicted molar refractivity (Wildman–Crippen MR) is 58.5 cm³/mol. The van der Waals surface area contributed by atoms with Gasteiger partial charge in [-0.3, -0.25) is 0 Å². The Hall–Kier alpha value is -0.380. The molecule has 0 saturated heterocycles. The second-order valence-corrected chi connectivity index (χ2v) is 4.23. The highest BCUT2D eigenvalue weighted by Gasteiger charge is 2.07. The van der Waals surface area contributed by atoms with Crippen molar-refractivity contribution >= 4 is 51.3 Å².